The molecule has 0 aliphatic heterocycles. The first-order chi connectivity index (χ1) is 9.40. The van der Waals surface area contributed by atoms with Gasteiger partial charge in [0.05, 0.1) is 11.3 Å². The van der Waals surface area contributed by atoms with E-state index >= 15 is 0 Å². The lowest BCUT2D eigenvalue weighted by molar-refractivity contribution is 0.0698. The third kappa shape index (κ3) is 2.51. The van der Waals surface area contributed by atoms with Gasteiger partial charge in [0.1, 0.15) is 0 Å². The SMILES string of the molecule is Nc1cc(Nc2ccc(F)c(F)c2F)ccc1C(=O)O. The van der Waals surface area contributed by atoms with E-state index in [9.17, 15) is 18.0 Å². The molecule has 0 radical (unpaired) electrons. The molecular formula is C13H9F3N2O2. The molecule has 4 nitrogen and oxygen atoms in total. The van der Waals surface area contributed by atoms with E-state index in [2.05, 4.69) is 5.32 Å². The molecule has 20 heavy (non-hydrogen) atoms. The minimum absolute atomic E-state index is 0.0366. The topological polar surface area (TPSA) is 75.3 Å². The van der Waals surface area contributed by atoms with Crippen molar-refractivity contribution in [3.63, 3.8) is 0 Å². The monoisotopic (exact) mass is 282 g/mol. The van der Waals surface area contributed by atoms with Gasteiger partial charge in [0.25, 0.3) is 0 Å². The summed E-state index contributed by atoms with van der Waals surface area (Å²) in [5, 5.41) is 11.3. The summed E-state index contributed by atoms with van der Waals surface area (Å²) in [6.07, 6.45) is 0. The number of carbonyl (C=O) groups is 1. The second kappa shape index (κ2) is 5.12. The summed E-state index contributed by atoms with van der Waals surface area (Å²) in [5.74, 6) is -5.46. The van der Waals surface area contributed by atoms with Gasteiger partial charge in [-0.25, -0.2) is 18.0 Å². The van der Waals surface area contributed by atoms with Crippen LogP contribution in [0.3, 0.4) is 0 Å². The van der Waals surface area contributed by atoms with Gasteiger partial charge in [0, 0.05) is 11.4 Å². The number of carboxylic acid groups (broad SMARTS) is 1. The minimum atomic E-state index is -1.59. The van der Waals surface area contributed by atoms with E-state index in [1.54, 1.807) is 0 Å². The summed E-state index contributed by atoms with van der Waals surface area (Å²) < 4.78 is 39.3. The first-order valence-corrected chi connectivity index (χ1v) is 5.43. The van der Waals surface area contributed by atoms with Gasteiger partial charge in [0.2, 0.25) is 0 Å². The molecule has 0 heterocycles. The Kier molecular flexibility index (Phi) is 3.51. The normalized spacial score (nSPS) is 10.3. The molecule has 0 saturated carbocycles. The third-order valence-corrected chi connectivity index (χ3v) is 2.60. The Morgan fingerprint density at radius 3 is 2.40 bits per heavy atom. The van der Waals surface area contributed by atoms with Gasteiger partial charge >= 0.3 is 5.97 Å². The van der Waals surface area contributed by atoms with Gasteiger partial charge in [-0.15, -0.1) is 0 Å². The number of benzene rings is 2. The van der Waals surface area contributed by atoms with Crippen LogP contribution >= 0.6 is 0 Å². The van der Waals surface area contributed by atoms with Crippen LogP contribution in [0.15, 0.2) is 30.3 Å². The van der Waals surface area contributed by atoms with E-state index in [4.69, 9.17) is 10.8 Å². The average molecular weight is 282 g/mol. The largest absolute Gasteiger partial charge is 0.478 e. The number of nitrogens with two attached hydrogens (primary N) is 1. The molecule has 0 saturated heterocycles. The summed E-state index contributed by atoms with van der Waals surface area (Å²) in [7, 11) is 0. The van der Waals surface area contributed by atoms with Crippen molar-refractivity contribution < 1.29 is 23.1 Å². The lowest BCUT2D eigenvalue weighted by Crippen LogP contribution is -2.04. The zero-order valence-electron chi connectivity index (χ0n) is 9.95. The van der Waals surface area contributed by atoms with Crippen molar-refractivity contribution >= 4 is 23.0 Å². The molecule has 0 atom stereocenters. The van der Waals surface area contributed by atoms with Crippen LogP contribution in [0.2, 0.25) is 0 Å². The number of carboxylic acids is 1. The van der Waals surface area contributed by atoms with Crippen LogP contribution in [-0.4, -0.2) is 11.1 Å². The fraction of sp³-hybridized carbons (Fsp3) is 0. The Bertz CT molecular complexity index is 690. The van der Waals surface area contributed by atoms with Crippen LogP contribution < -0.4 is 11.1 Å². The molecule has 0 spiro atoms. The van der Waals surface area contributed by atoms with Crippen molar-refractivity contribution in [3.05, 3.63) is 53.3 Å². The lowest BCUT2D eigenvalue weighted by Gasteiger charge is -2.10. The first-order valence-electron chi connectivity index (χ1n) is 5.43. The number of hydrogen-bond donors (Lipinski definition) is 3. The summed E-state index contributed by atoms with van der Waals surface area (Å²) in [4.78, 5) is 10.8. The van der Waals surface area contributed by atoms with E-state index in [0.717, 1.165) is 12.1 Å². The van der Waals surface area contributed by atoms with Crippen molar-refractivity contribution in [1.29, 1.82) is 0 Å². The molecule has 0 fully saturated rings. The van der Waals surface area contributed by atoms with Crippen LogP contribution in [0.25, 0.3) is 0 Å². The smallest absolute Gasteiger partial charge is 0.337 e. The molecule has 2 rings (SSSR count). The molecule has 2 aromatic rings. The summed E-state index contributed by atoms with van der Waals surface area (Å²) in [5.41, 5.74) is 5.33. The Hall–Kier alpha value is -2.70. The summed E-state index contributed by atoms with van der Waals surface area (Å²) in [6, 6.07) is 5.60. The van der Waals surface area contributed by atoms with Crippen LogP contribution in [0.1, 0.15) is 10.4 Å². The Morgan fingerprint density at radius 1 is 1.10 bits per heavy atom. The van der Waals surface area contributed by atoms with Gasteiger partial charge < -0.3 is 16.2 Å². The van der Waals surface area contributed by atoms with Crippen LogP contribution in [0.5, 0.6) is 0 Å². The van der Waals surface area contributed by atoms with E-state index in [1.165, 1.54) is 18.2 Å². The van der Waals surface area contributed by atoms with Crippen LogP contribution in [0.4, 0.5) is 30.2 Å². The summed E-state index contributed by atoms with van der Waals surface area (Å²) >= 11 is 0. The fourth-order valence-electron chi connectivity index (χ4n) is 1.61. The number of hydrogen-bond acceptors (Lipinski definition) is 3. The van der Waals surface area contributed by atoms with Gasteiger partial charge in [-0.2, -0.15) is 0 Å². The van der Waals surface area contributed by atoms with Crippen molar-refractivity contribution in [3.8, 4) is 0 Å². The molecule has 0 unspecified atom stereocenters. The van der Waals surface area contributed by atoms with Crippen LogP contribution in [-0.2, 0) is 0 Å². The average Bonchev–Trinajstić information content (AvgIpc) is 2.39. The lowest BCUT2D eigenvalue weighted by atomic mass is 10.1. The van der Waals surface area contributed by atoms with Crippen molar-refractivity contribution in [1.82, 2.24) is 0 Å². The molecule has 0 aromatic heterocycles. The third-order valence-electron chi connectivity index (χ3n) is 2.60. The maximum absolute atomic E-state index is 13.5. The molecule has 7 heteroatoms. The maximum Gasteiger partial charge on any atom is 0.337 e. The molecule has 2 aromatic carbocycles. The van der Waals surface area contributed by atoms with E-state index in [1.807, 2.05) is 0 Å². The van der Waals surface area contributed by atoms with Crippen molar-refractivity contribution in [2.24, 2.45) is 0 Å². The maximum atomic E-state index is 13.5. The summed E-state index contributed by atoms with van der Waals surface area (Å²) in [6.45, 7) is 0. The molecule has 0 aliphatic rings. The molecule has 4 N–H and O–H groups in total. The highest BCUT2D eigenvalue weighted by Gasteiger charge is 2.14. The Labute approximate surface area is 111 Å². The van der Waals surface area contributed by atoms with Gasteiger partial charge in [-0.05, 0) is 30.3 Å². The second-order valence-corrected chi connectivity index (χ2v) is 3.96. The zero-order valence-corrected chi connectivity index (χ0v) is 9.95. The molecule has 0 aliphatic carbocycles. The van der Waals surface area contributed by atoms with E-state index in [0.29, 0.717) is 0 Å². The first kappa shape index (κ1) is 13.7. The fourth-order valence-corrected chi connectivity index (χ4v) is 1.61. The predicted molar refractivity (Wildman–Crippen MR) is 67.4 cm³/mol. The van der Waals surface area contributed by atoms with Crippen molar-refractivity contribution in [2.45, 2.75) is 0 Å². The highest BCUT2D eigenvalue weighted by Crippen LogP contribution is 2.25. The molecule has 0 amide bonds. The highest BCUT2D eigenvalue weighted by atomic mass is 19.2. The minimum Gasteiger partial charge on any atom is -0.478 e. The predicted octanol–water partition coefficient (Wildman–Crippen LogP) is 3.13. The zero-order chi connectivity index (χ0) is 14.9. The van der Waals surface area contributed by atoms with Crippen LogP contribution in [0, 0.1) is 17.5 Å². The second-order valence-electron chi connectivity index (χ2n) is 3.96. The van der Waals surface area contributed by atoms with Gasteiger partial charge in [0.15, 0.2) is 17.5 Å². The molecular weight excluding hydrogens is 273 g/mol. The standard InChI is InChI=1S/C13H9F3N2O2/c14-8-3-4-10(12(16)11(8)15)18-6-1-2-7(13(19)20)9(17)5-6/h1-5,18H,17H2,(H,19,20). The number of rotatable bonds is 3. The highest BCUT2D eigenvalue weighted by molar-refractivity contribution is 5.94. The molecule has 104 valence electrons. The van der Waals surface area contributed by atoms with E-state index < -0.39 is 23.4 Å². The molecule has 0 bridgehead atoms. The van der Waals surface area contributed by atoms with Crippen molar-refractivity contribution in [2.75, 3.05) is 11.1 Å². The Morgan fingerprint density at radius 2 is 1.80 bits per heavy atom. The number of anilines is 3. The van der Waals surface area contributed by atoms with E-state index in [-0.39, 0.29) is 22.6 Å². The quantitative estimate of drug-likeness (QED) is 0.597. The number of halogens is 3. The number of aromatic carboxylic acids is 1. The van der Waals surface area contributed by atoms with Gasteiger partial charge in [-0.1, -0.05) is 0 Å². The number of nitrogen functional groups attached to an aromatic ring is 1. The Balaban J connectivity index is 2.34. The number of nitrogens with one attached hydrogen (secondary N) is 1. The van der Waals surface area contributed by atoms with Gasteiger partial charge in [-0.3, -0.25) is 0 Å².